The molecule has 3 nitrogen and oxygen atoms in total. The topological polar surface area (TPSA) is 40.2 Å². The summed E-state index contributed by atoms with van der Waals surface area (Å²) in [5.41, 5.74) is 9.21. The standard InChI is InChI=1S/C18H20N2O/c1-13(2)20-14(12-21-15-7-4-3-5-8-15)11-16-17(19)9-6-10-18(16)20/h3-11,13H,12,19H2,1-2H3. The summed E-state index contributed by atoms with van der Waals surface area (Å²) in [6.07, 6.45) is 0. The Kier molecular flexibility index (Phi) is 3.57. The molecule has 0 saturated carbocycles. The van der Waals surface area contributed by atoms with Gasteiger partial charge >= 0.3 is 0 Å². The van der Waals surface area contributed by atoms with Crippen LogP contribution < -0.4 is 10.5 Å². The lowest BCUT2D eigenvalue weighted by Gasteiger charge is -2.15. The summed E-state index contributed by atoms with van der Waals surface area (Å²) in [4.78, 5) is 0. The van der Waals surface area contributed by atoms with Gasteiger partial charge in [0.15, 0.2) is 0 Å². The van der Waals surface area contributed by atoms with Crippen LogP contribution in [0.2, 0.25) is 0 Å². The van der Waals surface area contributed by atoms with E-state index in [1.807, 2.05) is 42.5 Å². The zero-order valence-electron chi connectivity index (χ0n) is 12.4. The molecule has 0 radical (unpaired) electrons. The summed E-state index contributed by atoms with van der Waals surface area (Å²) >= 11 is 0. The molecule has 0 bridgehead atoms. The fourth-order valence-corrected chi connectivity index (χ4v) is 2.72. The van der Waals surface area contributed by atoms with Crippen LogP contribution in [0, 0.1) is 0 Å². The summed E-state index contributed by atoms with van der Waals surface area (Å²) in [7, 11) is 0. The van der Waals surface area contributed by atoms with Gasteiger partial charge in [0.25, 0.3) is 0 Å². The monoisotopic (exact) mass is 280 g/mol. The molecule has 3 rings (SSSR count). The fraction of sp³-hybridized carbons (Fsp3) is 0.222. The number of nitrogens with two attached hydrogens (primary N) is 1. The van der Waals surface area contributed by atoms with E-state index in [1.54, 1.807) is 0 Å². The molecule has 0 amide bonds. The zero-order chi connectivity index (χ0) is 14.8. The number of anilines is 1. The van der Waals surface area contributed by atoms with Crippen LogP contribution in [0.4, 0.5) is 5.69 Å². The van der Waals surface area contributed by atoms with Crippen LogP contribution in [-0.2, 0) is 6.61 Å². The third-order valence-corrected chi connectivity index (χ3v) is 3.64. The lowest BCUT2D eigenvalue weighted by atomic mass is 10.2. The molecule has 0 unspecified atom stereocenters. The Balaban J connectivity index is 1.98. The molecule has 108 valence electrons. The van der Waals surface area contributed by atoms with Gasteiger partial charge in [-0.15, -0.1) is 0 Å². The fourth-order valence-electron chi connectivity index (χ4n) is 2.72. The third kappa shape index (κ3) is 2.59. The maximum Gasteiger partial charge on any atom is 0.128 e. The second-order valence-electron chi connectivity index (χ2n) is 5.48. The van der Waals surface area contributed by atoms with Gasteiger partial charge in [-0.25, -0.2) is 0 Å². The highest BCUT2D eigenvalue weighted by Gasteiger charge is 2.13. The van der Waals surface area contributed by atoms with Crippen LogP contribution in [0.15, 0.2) is 54.6 Å². The molecule has 3 heteroatoms. The molecule has 0 aliphatic rings. The van der Waals surface area contributed by atoms with Crippen molar-refractivity contribution in [1.29, 1.82) is 0 Å². The molecule has 1 aromatic heterocycles. The van der Waals surface area contributed by atoms with E-state index in [-0.39, 0.29) is 0 Å². The highest BCUT2D eigenvalue weighted by atomic mass is 16.5. The minimum Gasteiger partial charge on any atom is -0.487 e. The van der Waals surface area contributed by atoms with Gasteiger partial charge < -0.3 is 15.0 Å². The Morgan fingerprint density at radius 1 is 1.05 bits per heavy atom. The molecule has 0 saturated heterocycles. The predicted molar refractivity (Wildman–Crippen MR) is 87.5 cm³/mol. The second-order valence-corrected chi connectivity index (χ2v) is 5.48. The van der Waals surface area contributed by atoms with Gasteiger partial charge in [0.1, 0.15) is 12.4 Å². The van der Waals surface area contributed by atoms with Crippen molar-refractivity contribution in [2.24, 2.45) is 0 Å². The summed E-state index contributed by atoms with van der Waals surface area (Å²) in [5.74, 6) is 0.881. The van der Waals surface area contributed by atoms with Crippen LogP contribution in [-0.4, -0.2) is 4.57 Å². The summed E-state index contributed by atoms with van der Waals surface area (Å²) in [6.45, 7) is 4.89. The van der Waals surface area contributed by atoms with Gasteiger partial charge in [0, 0.05) is 17.1 Å². The van der Waals surface area contributed by atoms with Crippen molar-refractivity contribution in [1.82, 2.24) is 4.57 Å². The van der Waals surface area contributed by atoms with E-state index in [2.05, 4.69) is 30.5 Å². The van der Waals surface area contributed by atoms with E-state index >= 15 is 0 Å². The molecular weight excluding hydrogens is 260 g/mol. The van der Waals surface area contributed by atoms with Gasteiger partial charge in [-0.2, -0.15) is 0 Å². The molecular formula is C18H20N2O. The predicted octanol–water partition coefficient (Wildman–Crippen LogP) is 4.38. The van der Waals surface area contributed by atoms with E-state index in [0.717, 1.165) is 28.0 Å². The van der Waals surface area contributed by atoms with Crippen molar-refractivity contribution >= 4 is 16.6 Å². The van der Waals surface area contributed by atoms with E-state index in [1.165, 1.54) is 0 Å². The van der Waals surface area contributed by atoms with Crippen molar-refractivity contribution in [2.75, 3.05) is 5.73 Å². The van der Waals surface area contributed by atoms with Crippen LogP contribution in [0.1, 0.15) is 25.6 Å². The van der Waals surface area contributed by atoms with Crippen molar-refractivity contribution in [2.45, 2.75) is 26.5 Å². The average molecular weight is 280 g/mol. The van der Waals surface area contributed by atoms with E-state index in [4.69, 9.17) is 10.5 Å². The molecule has 0 atom stereocenters. The Labute approximate surface area is 125 Å². The maximum atomic E-state index is 6.09. The van der Waals surface area contributed by atoms with E-state index in [0.29, 0.717) is 12.6 Å². The molecule has 0 fully saturated rings. The second kappa shape index (κ2) is 5.52. The van der Waals surface area contributed by atoms with Gasteiger partial charge in [0.05, 0.1) is 11.2 Å². The Bertz CT molecular complexity index is 745. The smallest absolute Gasteiger partial charge is 0.128 e. The number of ether oxygens (including phenoxy) is 1. The molecule has 0 aliphatic carbocycles. The SMILES string of the molecule is CC(C)n1c(COc2ccccc2)cc2c(N)cccc21. The first-order valence-electron chi connectivity index (χ1n) is 7.23. The van der Waals surface area contributed by atoms with E-state index in [9.17, 15) is 0 Å². The van der Waals surface area contributed by atoms with Crippen molar-refractivity contribution < 1.29 is 4.74 Å². The number of hydrogen-bond donors (Lipinski definition) is 1. The van der Waals surface area contributed by atoms with Crippen LogP contribution in [0.3, 0.4) is 0 Å². The Hall–Kier alpha value is -2.42. The molecule has 21 heavy (non-hydrogen) atoms. The number of aromatic nitrogens is 1. The number of nitrogen functional groups attached to an aromatic ring is 1. The lowest BCUT2D eigenvalue weighted by molar-refractivity contribution is 0.293. The summed E-state index contributed by atoms with van der Waals surface area (Å²) in [5, 5.41) is 1.10. The highest BCUT2D eigenvalue weighted by Crippen LogP contribution is 2.29. The van der Waals surface area contributed by atoms with Crippen LogP contribution in [0.5, 0.6) is 5.75 Å². The van der Waals surface area contributed by atoms with Crippen molar-refractivity contribution in [3.63, 3.8) is 0 Å². The molecule has 0 spiro atoms. The maximum absolute atomic E-state index is 6.09. The largest absolute Gasteiger partial charge is 0.487 e. The lowest BCUT2D eigenvalue weighted by Crippen LogP contribution is -2.08. The molecule has 3 aromatic rings. The average Bonchev–Trinajstić information content (AvgIpc) is 2.86. The third-order valence-electron chi connectivity index (χ3n) is 3.64. The molecule has 2 aromatic carbocycles. The van der Waals surface area contributed by atoms with Gasteiger partial charge in [-0.3, -0.25) is 0 Å². The number of para-hydroxylation sites is 1. The number of hydrogen-bond acceptors (Lipinski definition) is 2. The number of fused-ring (bicyclic) bond motifs is 1. The van der Waals surface area contributed by atoms with Gasteiger partial charge in [0.2, 0.25) is 0 Å². The quantitative estimate of drug-likeness (QED) is 0.720. The molecule has 0 aliphatic heterocycles. The van der Waals surface area contributed by atoms with Crippen LogP contribution in [0.25, 0.3) is 10.9 Å². The zero-order valence-corrected chi connectivity index (χ0v) is 12.4. The first-order chi connectivity index (χ1) is 10.2. The Morgan fingerprint density at radius 3 is 2.52 bits per heavy atom. The summed E-state index contributed by atoms with van der Waals surface area (Å²) < 4.78 is 8.18. The molecule has 1 heterocycles. The summed E-state index contributed by atoms with van der Waals surface area (Å²) in [6, 6.07) is 18.4. The van der Waals surface area contributed by atoms with E-state index < -0.39 is 0 Å². The Morgan fingerprint density at radius 2 is 1.81 bits per heavy atom. The minimum atomic E-state index is 0.360. The first-order valence-corrected chi connectivity index (χ1v) is 7.23. The normalized spacial score (nSPS) is 11.2. The molecule has 2 N–H and O–H groups in total. The van der Waals surface area contributed by atoms with Crippen molar-refractivity contribution in [3.8, 4) is 5.75 Å². The van der Waals surface area contributed by atoms with Gasteiger partial charge in [-0.05, 0) is 44.2 Å². The van der Waals surface area contributed by atoms with Crippen LogP contribution >= 0.6 is 0 Å². The minimum absolute atomic E-state index is 0.360. The van der Waals surface area contributed by atoms with Gasteiger partial charge in [-0.1, -0.05) is 24.3 Å². The van der Waals surface area contributed by atoms with Crippen molar-refractivity contribution in [3.05, 3.63) is 60.3 Å². The highest BCUT2D eigenvalue weighted by molar-refractivity contribution is 5.92. The number of benzene rings is 2. The first kappa shape index (κ1) is 13.6. The number of rotatable bonds is 4. The number of nitrogens with zero attached hydrogens (tertiary/aromatic N) is 1.